The van der Waals surface area contributed by atoms with Crippen molar-refractivity contribution in [3.8, 4) is 0 Å². The SMILES string of the molecule is Cc1cc(C)cc(C(O)C(CN)c2ccccc2C)c1. The highest BCUT2D eigenvalue weighted by molar-refractivity contribution is 5.35. The van der Waals surface area contributed by atoms with E-state index in [0.29, 0.717) is 6.54 Å². The van der Waals surface area contributed by atoms with E-state index in [0.717, 1.165) is 11.1 Å². The average Bonchev–Trinajstić information content (AvgIpc) is 2.40. The Morgan fingerprint density at radius 2 is 1.60 bits per heavy atom. The van der Waals surface area contributed by atoms with Gasteiger partial charge in [0.2, 0.25) is 0 Å². The minimum Gasteiger partial charge on any atom is -0.388 e. The number of aliphatic hydroxyl groups excluding tert-OH is 1. The Balaban J connectivity index is 2.39. The van der Waals surface area contributed by atoms with E-state index in [1.54, 1.807) is 0 Å². The van der Waals surface area contributed by atoms with Crippen LogP contribution in [0.1, 0.15) is 39.8 Å². The summed E-state index contributed by atoms with van der Waals surface area (Å²) in [7, 11) is 0. The second kappa shape index (κ2) is 6.21. The van der Waals surface area contributed by atoms with Crippen LogP contribution in [-0.4, -0.2) is 11.7 Å². The molecule has 20 heavy (non-hydrogen) atoms. The second-order valence-corrected chi connectivity index (χ2v) is 5.56. The molecule has 2 heteroatoms. The van der Waals surface area contributed by atoms with Crippen molar-refractivity contribution in [1.29, 1.82) is 0 Å². The molecule has 2 unspecified atom stereocenters. The van der Waals surface area contributed by atoms with E-state index in [4.69, 9.17) is 5.73 Å². The molecule has 0 aliphatic heterocycles. The number of hydrogen-bond acceptors (Lipinski definition) is 2. The molecule has 0 aliphatic carbocycles. The molecule has 0 saturated heterocycles. The second-order valence-electron chi connectivity index (χ2n) is 5.56. The van der Waals surface area contributed by atoms with Gasteiger partial charge in [-0.25, -0.2) is 0 Å². The fraction of sp³-hybridized carbons (Fsp3) is 0.333. The maximum absolute atomic E-state index is 10.7. The van der Waals surface area contributed by atoms with Crippen molar-refractivity contribution >= 4 is 0 Å². The van der Waals surface area contributed by atoms with Crippen molar-refractivity contribution in [1.82, 2.24) is 0 Å². The van der Waals surface area contributed by atoms with Crippen LogP contribution in [0.15, 0.2) is 42.5 Å². The summed E-state index contributed by atoms with van der Waals surface area (Å²) in [5, 5.41) is 10.7. The molecule has 0 bridgehead atoms. The zero-order valence-corrected chi connectivity index (χ0v) is 12.4. The third kappa shape index (κ3) is 3.09. The lowest BCUT2D eigenvalue weighted by Crippen LogP contribution is -2.21. The van der Waals surface area contributed by atoms with Crippen molar-refractivity contribution in [2.75, 3.05) is 6.54 Å². The normalized spacial score (nSPS) is 14.1. The van der Waals surface area contributed by atoms with Crippen molar-refractivity contribution in [3.63, 3.8) is 0 Å². The van der Waals surface area contributed by atoms with Gasteiger partial charge in [-0.2, -0.15) is 0 Å². The highest BCUT2D eigenvalue weighted by atomic mass is 16.3. The molecule has 2 atom stereocenters. The lowest BCUT2D eigenvalue weighted by Gasteiger charge is -2.24. The van der Waals surface area contributed by atoms with Crippen LogP contribution in [0.2, 0.25) is 0 Å². The van der Waals surface area contributed by atoms with Crippen LogP contribution >= 0.6 is 0 Å². The third-order valence-electron chi connectivity index (χ3n) is 3.81. The van der Waals surface area contributed by atoms with Crippen molar-refractivity contribution in [2.45, 2.75) is 32.8 Å². The van der Waals surface area contributed by atoms with Crippen molar-refractivity contribution < 1.29 is 5.11 Å². The van der Waals surface area contributed by atoms with E-state index in [-0.39, 0.29) is 5.92 Å². The molecule has 2 aromatic rings. The Kier molecular flexibility index (Phi) is 4.58. The van der Waals surface area contributed by atoms with Gasteiger partial charge in [0.05, 0.1) is 6.10 Å². The standard InChI is InChI=1S/C18H23NO/c1-12-8-13(2)10-15(9-12)18(20)17(11-19)16-7-5-4-6-14(16)3/h4-10,17-18,20H,11,19H2,1-3H3. The quantitative estimate of drug-likeness (QED) is 0.893. The lowest BCUT2D eigenvalue weighted by atomic mass is 9.86. The first-order valence-electron chi connectivity index (χ1n) is 7.04. The van der Waals surface area contributed by atoms with E-state index < -0.39 is 6.10 Å². The predicted molar refractivity (Wildman–Crippen MR) is 83.9 cm³/mol. The molecule has 3 N–H and O–H groups in total. The predicted octanol–water partition coefficient (Wildman–Crippen LogP) is 3.39. The molecule has 2 rings (SSSR count). The summed E-state index contributed by atoms with van der Waals surface area (Å²) in [6, 6.07) is 14.3. The van der Waals surface area contributed by atoms with Crippen LogP contribution in [-0.2, 0) is 0 Å². The van der Waals surface area contributed by atoms with E-state index in [2.05, 4.69) is 39.0 Å². The number of benzene rings is 2. The zero-order valence-electron chi connectivity index (χ0n) is 12.4. The van der Waals surface area contributed by atoms with Gasteiger partial charge in [0.25, 0.3) is 0 Å². The Bertz CT molecular complexity index is 571. The Morgan fingerprint density at radius 1 is 1.00 bits per heavy atom. The van der Waals surface area contributed by atoms with Gasteiger partial charge in [0, 0.05) is 12.5 Å². The van der Waals surface area contributed by atoms with E-state index in [9.17, 15) is 5.11 Å². The number of aryl methyl sites for hydroxylation is 3. The topological polar surface area (TPSA) is 46.2 Å². The monoisotopic (exact) mass is 269 g/mol. The van der Waals surface area contributed by atoms with Crippen LogP contribution in [0.4, 0.5) is 0 Å². The summed E-state index contributed by atoms with van der Waals surface area (Å²) >= 11 is 0. The fourth-order valence-corrected chi connectivity index (χ4v) is 2.84. The van der Waals surface area contributed by atoms with E-state index >= 15 is 0 Å². The molecule has 2 nitrogen and oxygen atoms in total. The Hall–Kier alpha value is -1.64. The number of nitrogens with two attached hydrogens (primary N) is 1. The molecular weight excluding hydrogens is 246 g/mol. The summed E-state index contributed by atoms with van der Waals surface area (Å²) in [5.41, 5.74) is 11.5. The van der Waals surface area contributed by atoms with Gasteiger partial charge in [-0.1, -0.05) is 53.6 Å². The van der Waals surface area contributed by atoms with Crippen LogP contribution in [0.5, 0.6) is 0 Å². The first-order chi connectivity index (χ1) is 9.52. The first kappa shape index (κ1) is 14.8. The van der Waals surface area contributed by atoms with Gasteiger partial charge in [0.1, 0.15) is 0 Å². The van der Waals surface area contributed by atoms with Crippen LogP contribution in [0, 0.1) is 20.8 Å². The van der Waals surface area contributed by atoms with Crippen LogP contribution in [0.25, 0.3) is 0 Å². The molecular formula is C18H23NO. The summed E-state index contributed by atoms with van der Waals surface area (Å²) < 4.78 is 0. The molecule has 0 fully saturated rings. The van der Waals surface area contributed by atoms with E-state index in [1.807, 2.05) is 24.3 Å². The first-order valence-corrected chi connectivity index (χ1v) is 7.04. The molecule has 0 amide bonds. The van der Waals surface area contributed by atoms with Gasteiger partial charge in [-0.3, -0.25) is 0 Å². The molecule has 106 valence electrons. The molecule has 0 heterocycles. The average molecular weight is 269 g/mol. The molecule has 0 radical (unpaired) electrons. The Labute approximate surface area is 121 Å². The maximum Gasteiger partial charge on any atom is 0.0870 e. The number of aliphatic hydroxyl groups is 1. The maximum atomic E-state index is 10.7. The van der Waals surface area contributed by atoms with Gasteiger partial charge >= 0.3 is 0 Å². The third-order valence-corrected chi connectivity index (χ3v) is 3.81. The Morgan fingerprint density at radius 3 is 2.15 bits per heavy atom. The van der Waals surface area contributed by atoms with E-state index in [1.165, 1.54) is 16.7 Å². The zero-order chi connectivity index (χ0) is 14.7. The molecule has 0 aliphatic rings. The van der Waals surface area contributed by atoms with Crippen LogP contribution < -0.4 is 5.73 Å². The van der Waals surface area contributed by atoms with Crippen molar-refractivity contribution in [2.24, 2.45) is 5.73 Å². The molecule has 0 spiro atoms. The summed E-state index contributed by atoms with van der Waals surface area (Å²) in [6.45, 7) is 6.59. The molecule has 2 aromatic carbocycles. The fourth-order valence-electron chi connectivity index (χ4n) is 2.84. The number of hydrogen-bond donors (Lipinski definition) is 2. The highest BCUT2D eigenvalue weighted by Crippen LogP contribution is 2.32. The summed E-state index contributed by atoms with van der Waals surface area (Å²) in [5.74, 6) is -0.0719. The molecule has 0 saturated carbocycles. The minimum absolute atomic E-state index is 0.0719. The smallest absolute Gasteiger partial charge is 0.0870 e. The van der Waals surface area contributed by atoms with Crippen LogP contribution in [0.3, 0.4) is 0 Å². The van der Waals surface area contributed by atoms with Gasteiger partial charge in [0.15, 0.2) is 0 Å². The van der Waals surface area contributed by atoms with Gasteiger partial charge < -0.3 is 10.8 Å². The van der Waals surface area contributed by atoms with Gasteiger partial charge in [-0.15, -0.1) is 0 Å². The number of rotatable bonds is 4. The van der Waals surface area contributed by atoms with Crippen molar-refractivity contribution in [3.05, 3.63) is 70.3 Å². The lowest BCUT2D eigenvalue weighted by molar-refractivity contribution is 0.147. The highest BCUT2D eigenvalue weighted by Gasteiger charge is 2.23. The summed E-state index contributed by atoms with van der Waals surface area (Å²) in [6.07, 6.45) is -0.570. The largest absolute Gasteiger partial charge is 0.388 e. The minimum atomic E-state index is -0.570. The van der Waals surface area contributed by atoms with Gasteiger partial charge in [-0.05, 0) is 37.5 Å². The summed E-state index contributed by atoms with van der Waals surface area (Å²) in [4.78, 5) is 0. The molecule has 0 aromatic heterocycles.